The van der Waals surface area contributed by atoms with E-state index in [2.05, 4.69) is 5.32 Å². The first kappa shape index (κ1) is 23.0. The summed E-state index contributed by atoms with van der Waals surface area (Å²) in [6.45, 7) is 5.74. The van der Waals surface area contributed by atoms with E-state index in [1.807, 2.05) is 39.0 Å². The molecule has 0 fully saturated rings. The number of carbonyl (C=O) groups is 2. The van der Waals surface area contributed by atoms with Crippen molar-refractivity contribution >= 4 is 35.0 Å². The molecule has 0 aromatic heterocycles. The second kappa shape index (κ2) is 10.5. The summed E-state index contributed by atoms with van der Waals surface area (Å²) >= 11 is 12.3. The van der Waals surface area contributed by atoms with Gasteiger partial charge >= 0.3 is 0 Å². The molecule has 7 heteroatoms. The molecule has 0 saturated heterocycles. The zero-order valence-electron chi connectivity index (χ0n) is 17.1. The first-order chi connectivity index (χ1) is 13.8. The van der Waals surface area contributed by atoms with Gasteiger partial charge in [0.05, 0.1) is 0 Å². The summed E-state index contributed by atoms with van der Waals surface area (Å²) < 4.78 is 5.78. The number of likely N-dealkylation sites (N-methyl/N-ethyl adjacent to an activating group) is 1. The fourth-order valence-electron chi connectivity index (χ4n) is 3.00. The number of amides is 2. The molecule has 0 bridgehead atoms. The molecular weight excluding hydrogens is 411 g/mol. The van der Waals surface area contributed by atoms with E-state index in [-0.39, 0.29) is 25.0 Å². The molecule has 0 heterocycles. The first-order valence-corrected chi connectivity index (χ1v) is 10.2. The Balaban J connectivity index is 2.26. The number of aryl methyl sites for hydroxylation is 2. The molecule has 29 heavy (non-hydrogen) atoms. The summed E-state index contributed by atoms with van der Waals surface area (Å²) in [7, 11) is 1.55. The molecule has 2 rings (SSSR count). The second-order valence-corrected chi connectivity index (χ2v) is 7.70. The number of nitrogens with one attached hydrogen (secondary N) is 1. The molecule has 0 unspecified atom stereocenters. The molecule has 0 saturated carbocycles. The highest BCUT2D eigenvalue weighted by atomic mass is 35.5. The fraction of sp³-hybridized carbons (Fsp3) is 0.364. The summed E-state index contributed by atoms with van der Waals surface area (Å²) in [6.07, 6.45) is 0.458. The van der Waals surface area contributed by atoms with Crippen LogP contribution >= 0.6 is 23.2 Å². The third kappa shape index (κ3) is 6.12. The van der Waals surface area contributed by atoms with Gasteiger partial charge in [-0.3, -0.25) is 9.59 Å². The zero-order valence-corrected chi connectivity index (χ0v) is 18.6. The van der Waals surface area contributed by atoms with E-state index in [1.54, 1.807) is 25.2 Å². The van der Waals surface area contributed by atoms with Crippen molar-refractivity contribution in [1.29, 1.82) is 0 Å². The highest BCUT2D eigenvalue weighted by Gasteiger charge is 2.29. The standard InChI is InChI=1S/C22H26Cl2N2O3/c1-5-19(22(28)25-4)26(12-16-8-9-17(23)11-18(16)24)21(27)13-29-20-10-14(2)6-7-15(20)3/h6-11,19H,5,12-13H2,1-4H3,(H,25,28)/t19-/m1/s1. The molecule has 0 spiro atoms. The van der Waals surface area contributed by atoms with Crippen molar-refractivity contribution in [3.63, 3.8) is 0 Å². The van der Waals surface area contributed by atoms with Gasteiger partial charge < -0.3 is 15.0 Å². The lowest BCUT2D eigenvalue weighted by molar-refractivity contribution is -0.142. The van der Waals surface area contributed by atoms with E-state index >= 15 is 0 Å². The van der Waals surface area contributed by atoms with E-state index < -0.39 is 6.04 Å². The zero-order chi connectivity index (χ0) is 21.6. The minimum atomic E-state index is -0.638. The largest absolute Gasteiger partial charge is 0.483 e. The van der Waals surface area contributed by atoms with Crippen LogP contribution in [-0.4, -0.2) is 36.4 Å². The Morgan fingerprint density at radius 1 is 1.14 bits per heavy atom. The van der Waals surface area contributed by atoms with Crippen LogP contribution in [0, 0.1) is 13.8 Å². The van der Waals surface area contributed by atoms with Crippen LogP contribution in [0.3, 0.4) is 0 Å². The van der Waals surface area contributed by atoms with Crippen LogP contribution < -0.4 is 10.1 Å². The highest BCUT2D eigenvalue weighted by Crippen LogP contribution is 2.24. The van der Waals surface area contributed by atoms with Crippen LogP contribution in [0.4, 0.5) is 0 Å². The van der Waals surface area contributed by atoms with E-state index in [1.165, 1.54) is 4.90 Å². The highest BCUT2D eigenvalue weighted by molar-refractivity contribution is 6.35. The Kier molecular flexibility index (Phi) is 8.35. The minimum Gasteiger partial charge on any atom is -0.483 e. The molecule has 0 aliphatic carbocycles. The van der Waals surface area contributed by atoms with Crippen LogP contribution in [0.2, 0.25) is 10.0 Å². The summed E-state index contributed by atoms with van der Waals surface area (Å²) in [6, 6.07) is 10.3. The lowest BCUT2D eigenvalue weighted by Gasteiger charge is -2.30. The molecule has 5 nitrogen and oxygen atoms in total. The van der Waals surface area contributed by atoms with Crippen LogP contribution in [-0.2, 0) is 16.1 Å². The summed E-state index contributed by atoms with van der Waals surface area (Å²) in [5.74, 6) is 0.112. The summed E-state index contributed by atoms with van der Waals surface area (Å²) in [4.78, 5) is 27.0. The number of nitrogens with zero attached hydrogens (tertiary/aromatic N) is 1. The van der Waals surface area contributed by atoms with E-state index in [0.717, 1.165) is 11.1 Å². The van der Waals surface area contributed by atoms with Gasteiger partial charge in [0, 0.05) is 23.6 Å². The Hall–Kier alpha value is -2.24. The number of halogens is 2. The van der Waals surface area contributed by atoms with Crippen molar-refractivity contribution in [1.82, 2.24) is 10.2 Å². The van der Waals surface area contributed by atoms with Gasteiger partial charge in [-0.05, 0) is 55.2 Å². The monoisotopic (exact) mass is 436 g/mol. The molecule has 0 aliphatic heterocycles. The van der Waals surface area contributed by atoms with Crippen molar-refractivity contribution in [2.24, 2.45) is 0 Å². The molecule has 1 N–H and O–H groups in total. The van der Waals surface area contributed by atoms with Gasteiger partial charge in [-0.25, -0.2) is 0 Å². The molecule has 2 amide bonds. The maximum Gasteiger partial charge on any atom is 0.261 e. The lowest BCUT2D eigenvalue weighted by Crippen LogP contribution is -2.49. The SMILES string of the molecule is CC[C@H](C(=O)NC)N(Cc1ccc(Cl)cc1Cl)C(=O)COc1cc(C)ccc1C. The number of benzene rings is 2. The summed E-state index contributed by atoms with van der Waals surface area (Å²) in [5.41, 5.74) is 2.69. The van der Waals surface area contributed by atoms with Crippen molar-refractivity contribution < 1.29 is 14.3 Å². The number of hydrogen-bond acceptors (Lipinski definition) is 3. The molecule has 0 aliphatic rings. The Morgan fingerprint density at radius 3 is 2.48 bits per heavy atom. The second-order valence-electron chi connectivity index (χ2n) is 6.85. The van der Waals surface area contributed by atoms with Gasteiger partial charge in [0.15, 0.2) is 6.61 Å². The van der Waals surface area contributed by atoms with E-state index in [0.29, 0.717) is 27.8 Å². The van der Waals surface area contributed by atoms with E-state index in [4.69, 9.17) is 27.9 Å². The van der Waals surface area contributed by atoms with Crippen LogP contribution in [0.15, 0.2) is 36.4 Å². The molecular formula is C22H26Cl2N2O3. The van der Waals surface area contributed by atoms with E-state index in [9.17, 15) is 9.59 Å². The summed E-state index contributed by atoms with van der Waals surface area (Å²) in [5, 5.41) is 3.57. The van der Waals surface area contributed by atoms with Gasteiger partial charge in [0.1, 0.15) is 11.8 Å². The molecule has 0 radical (unpaired) electrons. The van der Waals surface area contributed by atoms with Gasteiger partial charge in [-0.15, -0.1) is 0 Å². The van der Waals surface area contributed by atoms with Gasteiger partial charge in [-0.1, -0.05) is 48.3 Å². The predicted octanol–water partition coefficient (Wildman–Crippen LogP) is 4.54. The van der Waals surface area contributed by atoms with Gasteiger partial charge in [0.25, 0.3) is 5.91 Å². The normalized spacial score (nSPS) is 11.7. The first-order valence-electron chi connectivity index (χ1n) is 9.41. The van der Waals surface area contributed by atoms with Crippen LogP contribution in [0.5, 0.6) is 5.75 Å². The van der Waals surface area contributed by atoms with Gasteiger partial charge in [-0.2, -0.15) is 0 Å². The maximum absolute atomic E-state index is 13.1. The van der Waals surface area contributed by atoms with Crippen molar-refractivity contribution in [3.8, 4) is 5.75 Å². The third-order valence-electron chi connectivity index (χ3n) is 4.68. The Bertz CT molecular complexity index is 886. The number of carbonyl (C=O) groups excluding carboxylic acids is 2. The van der Waals surface area contributed by atoms with Gasteiger partial charge in [0.2, 0.25) is 5.91 Å². The van der Waals surface area contributed by atoms with Crippen LogP contribution in [0.25, 0.3) is 0 Å². The smallest absolute Gasteiger partial charge is 0.261 e. The number of hydrogen-bond donors (Lipinski definition) is 1. The minimum absolute atomic E-state index is 0.178. The Labute approximate surface area is 181 Å². The van der Waals surface area contributed by atoms with Crippen LogP contribution in [0.1, 0.15) is 30.0 Å². The predicted molar refractivity (Wildman–Crippen MR) is 117 cm³/mol. The van der Waals surface area contributed by atoms with Crippen molar-refractivity contribution in [3.05, 3.63) is 63.1 Å². The Morgan fingerprint density at radius 2 is 1.86 bits per heavy atom. The lowest BCUT2D eigenvalue weighted by atomic mass is 10.1. The average molecular weight is 437 g/mol. The fourth-order valence-corrected chi connectivity index (χ4v) is 3.47. The number of ether oxygens (including phenoxy) is 1. The average Bonchev–Trinajstić information content (AvgIpc) is 2.69. The number of rotatable bonds is 8. The third-order valence-corrected chi connectivity index (χ3v) is 5.27. The molecule has 2 aromatic carbocycles. The quantitative estimate of drug-likeness (QED) is 0.660. The van der Waals surface area contributed by atoms with Crippen molar-refractivity contribution in [2.45, 2.75) is 39.8 Å². The molecule has 1 atom stereocenters. The topological polar surface area (TPSA) is 58.6 Å². The molecule has 156 valence electrons. The molecule has 2 aromatic rings. The maximum atomic E-state index is 13.1. The van der Waals surface area contributed by atoms with Crippen molar-refractivity contribution in [2.75, 3.05) is 13.7 Å².